The van der Waals surface area contributed by atoms with Crippen molar-refractivity contribution in [1.82, 2.24) is 0 Å². The van der Waals surface area contributed by atoms with Crippen LogP contribution < -0.4 is 4.74 Å². The van der Waals surface area contributed by atoms with E-state index in [0.717, 1.165) is 11.3 Å². The molecule has 114 valence electrons. The number of hydrogen-bond donors (Lipinski definition) is 1. The third-order valence-corrected chi connectivity index (χ3v) is 3.66. The van der Waals surface area contributed by atoms with Crippen molar-refractivity contribution in [2.75, 3.05) is 7.11 Å². The van der Waals surface area contributed by atoms with E-state index in [0.29, 0.717) is 6.42 Å². The Morgan fingerprint density at radius 1 is 1.33 bits per heavy atom. The molecule has 0 aliphatic carbocycles. The Morgan fingerprint density at radius 3 is 2.43 bits per heavy atom. The van der Waals surface area contributed by atoms with Crippen LogP contribution in [-0.2, 0) is 0 Å². The van der Waals surface area contributed by atoms with E-state index in [9.17, 15) is 5.11 Å². The third kappa shape index (κ3) is 5.24. The first-order valence-electron chi connectivity index (χ1n) is 7.19. The quantitative estimate of drug-likeness (QED) is 0.741. The predicted octanol–water partition coefficient (Wildman–Crippen LogP) is 4.62. The van der Waals surface area contributed by atoms with Gasteiger partial charge < -0.3 is 9.84 Å². The van der Waals surface area contributed by atoms with Gasteiger partial charge in [-0.3, -0.25) is 0 Å². The lowest BCUT2D eigenvalue weighted by Crippen LogP contribution is -2.27. The lowest BCUT2D eigenvalue weighted by molar-refractivity contribution is 0.102. The molecule has 0 aliphatic rings. The van der Waals surface area contributed by atoms with E-state index >= 15 is 0 Å². The lowest BCUT2D eigenvalue weighted by atomic mass is 9.81. The molecule has 0 amide bonds. The summed E-state index contributed by atoms with van der Waals surface area (Å²) in [6.45, 7) is 9.92. The van der Waals surface area contributed by atoms with E-state index in [2.05, 4.69) is 6.58 Å². The Balaban J connectivity index is 2.85. The Hall–Kier alpha value is -1.80. The van der Waals surface area contributed by atoms with Gasteiger partial charge >= 0.3 is 0 Å². The van der Waals surface area contributed by atoms with Gasteiger partial charge in [-0.15, -0.1) is 6.58 Å². The molecule has 0 radical (unpaired) electrons. The van der Waals surface area contributed by atoms with Gasteiger partial charge in [-0.25, -0.2) is 0 Å². The number of rotatable bonds is 7. The zero-order chi connectivity index (χ0) is 15.9. The fraction of sp³-hybridized carbons (Fsp3) is 0.368. The molecule has 0 saturated carbocycles. The highest BCUT2D eigenvalue weighted by Gasteiger charge is 2.25. The lowest BCUT2D eigenvalue weighted by Gasteiger charge is -2.27. The van der Waals surface area contributed by atoms with Crippen LogP contribution in [0.3, 0.4) is 0 Å². The van der Waals surface area contributed by atoms with Crippen LogP contribution in [0.1, 0.15) is 32.8 Å². The van der Waals surface area contributed by atoms with Crippen LogP contribution in [0.2, 0.25) is 0 Å². The number of hydrogen-bond acceptors (Lipinski definition) is 2. The van der Waals surface area contributed by atoms with Crippen LogP contribution >= 0.6 is 0 Å². The molecule has 2 heteroatoms. The van der Waals surface area contributed by atoms with Crippen molar-refractivity contribution in [3.05, 3.63) is 60.2 Å². The first-order valence-corrected chi connectivity index (χ1v) is 7.19. The van der Waals surface area contributed by atoms with Crippen molar-refractivity contribution in [3.8, 4) is 5.75 Å². The summed E-state index contributed by atoms with van der Waals surface area (Å²) in [5.41, 5.74) is 1.82. The van der Waals surface area contributed by atoms with Gasteiger partial charge in [0.2, 0.25) is 0 Å². The highest BCUT2D eigenvalue weighted by molar-refractivity contribution is 5.52. The summed E-state index contributed by atoms with van der Waals surface area (Å²) in [6.07, 6.45) is 8.00. The number of benzene rings is 1. The summed E-state index contributed by atoms with van der Waals surface area (Å²) in [6, 6.07) is 7.82. The minimum Gasteiger partial charge on any atom is -0.497 e. The second kappa shape index (κ2) is 7.84. The van der Waals surface area contributed by atoms with E-state index in [-0.39, 0.29) is 0 Å². The van der Waals surface area contributed by atoms with Gasteiger partial charge in [-0.1, -0.05) is 48.9 Å². The van der Waals surface area contributed by atoms with Gasteiger partial charge in [0.25, 0.3) is 0 Å². The minimum absolute atomic E-state index is 0.453. The topological polar surface area (TPSA) is 29.5 Å². The summed E-state index contributed by atoms with van der Waals surface area (Å²) < 4.78 is 5.14. The van der Waals surface area contributed by atoms with Crippen LogP contribution in [-0.4, -0.2) is 18.3 Å². The largest absolute Gasteiger partial charge is 0.497 e. The highest BCUT2D eigenvalue weighted by Crippen LogP contribution is 2.29. The average molecular weight is 286 g/mol. The molecule has 1 unspecified atom stereocenters. The summed E-state index contributed by atoms with van der Waals surface area (Å²) in [5.74, 6) is 0.835. The molecule has 0 saturated heterocycles. The maximum absolute atomic E-state index is 10.4. The maximum Gasteiger partial charge on any atom is 0.118 e. The molecular formula is C19H26O2. The molecule has 0 spiro atoms. The Bertz CT molecular complexity index is 507. The SMILES string of the molecule is C=C[C@@](C)(/C=C/c1ccc(OC)cc1)C(O)CC=C(C)C. The normalized spacial score (nSPS) is 15.3. The summed E-state index contributed by atoms with van der Waals surface area (Å²) in [4.78, 5) is 0. The van der Waals surface area contributed by atoms with Crippen molar-refractivity contribution < 1.29 is 9.84 Å². The zero-order valence-electron chi connectivity index (χ0n) is 13.5. The number of ether oxygens (including phenoxy) is 1. The first kappa shape index (κ1) is 17.3. The van der Waals surface area contributed by atoms with E-state index in [1.807, 2.05) is 63.3 Å². The van der Waals surface area contributed by atoms with Crippen molar-refractivity contribution in [2.45, 2.75) is 33.3 Å². The summed E-state index contributed by atoms with van der Waals surface area (Å²) in [7, 11) is 1.65. The number of aliphatic hydroxyl groups excluding tert-OH is 1. The molecule has 1 rings (SSSR count). The molecule has 0 heterocycles. The molecule has 2 nitrogen and oxygen atoms in total. The van der Waals surface area contributed by atoms with E-state index in [1.54, 1.807) is 13.2 Å². The van der Waals surface area contributed by atoms with Crippen molar-refractivity contribution in [3.63, 3.8) is 0 Å². The number of aliphatic hydroxyl groups is 1. The van der Waals surface area contributed by atoms with Crippen LogP contribution in [0.5, 0.6) is 5.75 Å². The van der Waals surface area contributed by atoms with Crippen molar-refractivity contribution in [1.29, 1.82) is 0 Å². The van der Waals surface area contributed by atoms with Crippen LogP contribution in [0.15, 0.2) is 54.6 Å². The van der Waals surface area contributed by atoms with Gasteiger partial charge in [0.15, 0.2) is 0 Å². The van der Waals surface area contributed by atoms with Gasteiger partial charge in [-0.05, 0) is 38.0 Å². The van der Waals surface area contributed by atoms with Crippen LogP contribution in [0.25, 0.3) is 6.08 Å². The molecule has 21 heavy (non-hydrogen) atoms. The van der Waals surface area contributed by atoms with Crippen LogP contribution in [0.4, 0.5) is 0 Å². The van der Waals surface area contributed by atoms with Gasteiger partial charge in [0.1, 0.15) is 5.75 Å². The second-order valence-electron chi connectivity index (χ2n) is 5.71. The van der Waals surface area contributed by atoms with Gasteiger partial charge in [0.05, 0.1) is 13.2 Å². The Morgan fingerprint density at radius 2 is 1.95 bits per heavy atom. The van der Waals surface area contributed by atoms with Crippen molar-refractivity contribution >= 4 is 6.08 Å². The highest BCUT2D eigenvalue weighted by atomic mass is 16.5. The standard InChI is InChI=1S/C19H26O2/c1-6-19(4,18(20)12-7-15(2)3)14-13-16-8-10-17(21-5)11-9-16/h6-11,13-14,18,20H,1,12H2,2-5H3/b14-13+/t18?,19-/m0/s1. The van der Waals surface area contributed by atoms with Gasteiger partial charge in [-0.2, -0.15) is 0 Å². The smallest absolute Gasteiger partial charge is 0.118 e. The van der Waals surface area contributed by atoms with Gasteiger partial charge in [0, 0.05) is 5.41 Å². The molecule has 1 aromatic carbocycles. The summed E-state index contributed by atoms with van der Waals surface area (Å²) >= 11 is 0. The van der Waals surface area contributed by atoms with E-state index < -0.39 is 11.5 Å². The summed E-state index contributed by atoms with van der Waals surface area (Å²) in [5, 5.41) is 10.4. The fourth-order valence-electron chi connectivity index (χ4n) is 1.91. The third-order valence-electron chi connectivity index (χ3n) is 3.66. The zero-order valence-corrected chi connectivity index (χ0v) is 13.5. The number of methoxy groups -OCH3 is 1. The maximum atomic E-state index is 10.4. The van der Waals surface area contributed by atoms with Crippen molar-refractivity contribution in [2.24, 2.45) is 5.41 Å². The Kier molecular flexibility index (Phi) is 6.44. The molecular weight excluding hydrogens is 260 g/mol. The molecule has 1 N–H and O–H groups in total. The predicted molar refractivity (Wildman–Crippen MR) is 90.4 cm³/mol. The van der Waals surface area contributed by atoms with Crippen LogP contribution in [0, 0.1) is 5.41 Å². The minimum atomic E-state index is -0.487. The molecule has 0 bridgehead atoms. The monoisotopic (exact) mass is 286 g/mol. The molecule has 2 atom stereocenters. The average Bonchev–Trinajstić information content (AvgIpc) is 2.50. The molecule has 0 aliphatic heterocycles. The molecule has 0 aromatic heterocycles. The Labute approximate surface area is 128 Å². The van der Waals surface area contributed by atoms with E-state index in [1.165, 1.54) is 5.57 Å². The number of allylic oxidation sites excluding steroid dienone is 1. The van der Waals surface area contributed by atoms with E-state index in [4.69, 9.17) is 4.74 Å². The first-order chi connectivity index (χ1) is 9.91. The fourth-order valence-corrected chi connectivity index (χ4v) is 1.91. The second-order valence-corrected chi connectivity index (χ2v) is 5.71. The molecule has 1 aromatic rings. The molecule has 0 fully saturated rings.